The van der Waals surface area contributed by atoms with Gasteiger partial charge in [0.2, 0.25) is 0 Å². The number of hydrogen-bond acceptors (Lipinski definition) is 0. The van der Waals surface area contributed by atoms with Gasteiger partial charge in [-0.25, -0.2) is 0 Å². The van der Waals surface area contributed by atoms with Crippen molar-refractivity contribution in [3.63, 3.8) is 0 Å². The van der Waals surface area contributed by atoms with E-state index in [1.54, 1.807) is 0 Å². The van der Waals surface area contributed by atoms with Crippen LogP contribution in [0.1, 0.15) is 64.8 Å². The maximum atomic E-state index is 3.99. The number of hydrogen-bond donors (Lipinski definition) is 0. The third kappa shape index (κ3) is 5.72. The van der Waals surface area contributed by atoms with Crippen molar-refractivity contribution >= 4 is 5.57 Å². The molecule has 0 aliphatic carbocycles. The average Bonchev–Trinajstić information content (AvgIpc) is 2.20. The van der Waals surface area contributed by atoms with Gasteiger partial charge in [0.25, 0.3) is 0 Å². The fourth-order valence-corrected chi connectivity index (χ4v) is 1.74. The molecule has 0 radical (unpaired) electrons. The number of rotatable bonds is 2. The van der Waals surface area contributed by atoms with Crippen molar-refractivity contribution in [2.75, 3.05) is 0 Å². The van der Waals surface area contributed by atoms with Crippen molar-refractivity contribution < 1.29 is 0 Å². The van der Waals surface area contributed by atoms with Gasteiger partial charge >= 0.3 is 0 Å². The van der Waals surface area contributed by atoms with Crippen LogP contribution in [0.3, 0.4) is 0 Å². The molecule has 0 fully saturated rings. The van der Waals surface area contributed by atoms with Gasteiger partial charge in [0.05, 0.1) is 0 Å². The van der Waals surface area contributed by atoms with Crippen LogP contribution in [0, 0.1) is 13.8 Å². The molecule has 17 heavy (non-hydrogen) atoms. The van der Waals surface area contributed by atoms with E-state index >= 15 is 0 Å². The van der Waals surface area contributed by atoms with E-state index in [0.717, 1.165) is 12.0 Å². The van der Waals surface area contributed by atoms with Crippen LogP contribution < -0.4 is 0 Å². The predicted molar refractivity (Wildman–Crippen MR) is 84.8 cm³/mol. The van der Waals surface area contributed by atoms with Gasteiger partial charge in [-0.05, 0) is 49.4 Å². The Morgan fingerprint density at radius 2 is 1.53 bits per heavy atom. The van der Waals surface area contributed by atoms with Gasteiger partial charge in [0.1, 0.15) is 0 Å². The van der Waals surface area contributed by atoms with Crippen LogP contribution >= 0.6 is 0 Å². The summed E-state index contributed by atoms with van der Waals surface area (Å²) in [5, 5.41) is 0. The van der Waals surface area contributed by atoms with E-state index in [4.69, 9.17) is 0 Å². The van der Waals surface area contributed by atoms with Gasteiger partial charge < -0.3 is 0 Å². The van der Waals surface area contributed by atoms with Gasteiger partial charge in [-0.2, -0.15) is 0 Å². The first-order valence-electron chi connectivity index (χ1n) is 5.82. The lowest BCUT2D eigenvalue weighted by Crippen LogP contribution is -1.92. The molecule has 0 heteroatoms. The molecule has 100 valence electrons. The minimum atomic E-state index is 0. The van der Waals surface area contributed by atoms with Crippen LogP contribution in [0.5, 0.6) is 0 Å². The van der Waals surface area contributed by atoms with Gasteiger partial charge in [0, 0.05) is 0 Å². The summed E-state index contributed by atoms with van der Waals surface area (Å²) < 4.78 is 0. The SMILES string of the molecule is C.C.C=C(C)c1cc(CC)c(C)cc1C.CC. The van der Waals surface area contributed by atoms with E-state index in [0.29, 0.717) is 0 Å². The largest absolute Gasteiger partial charge is 0.0955 e. The van der Waals surface area contributed by atoms with E-state index in [9.17, 15) is 0 Å². The van der Waals surface area contributed by atoms with E-state index in [1.165, 1.54) is 22.3 Å². The summed E-state index contributed by atoms with van der Waals surface area (Å²) in [5.41, 5.74) is 6.63. The Kier molecular flexibility index (Phi) is 12.7. The summed E-state index contributed by atoms with van der Waals surface area (Å²) in [4.78, 5) is 0. The van der Waals surface area contributed by atoms with Gasteiger partial charge in [0.15, 0.2) is 0 Å². The van der Waals surface area contributed by atoms with Gasteiger partial charge in [-0.15, -0.1) is 0 Å². The molecule has 0 heterocycles. The third-order valence-electron chi connectivity index (χ3n) is 2.52. The molecule has 0 aromatic heterocycles. The number of aryl methyl sites for hydroxylation is 3. The quantitative estimate of drug-likeness (QED) is 0.573. The second-order valence-electron chi connectivity index (χ2n) is 3.73. The Hall–Kier alpha value is -1.04. The molecule has 1 aromatic rings. The summed E-state index contributed by atoms with van der Waals surface area (Å²) >= 11 is 0. The lowest BCUT2D eigenvalue weighted by atomic mass is 9.95. The average molecular weight is 236 g/mol. The summed E-state index contributed by atoms with van der Waals surface area (Å²) in [6.45, 7) is 16.6. The number of benzene rings is 1. The Labute approximate surface area is 110 Å². The molecule has 0 N–H and O–H groups in total. The predicted octanol–water partition coefficient (Wildman–Crippen LogP) is 6.20. The highest BCUT2D eigenvalue weighted by Crippen LogP contribution is 2.21. The summed E-state index contributed by atoms with van der Waals surface area (Å²) in [6.07, 6.45) is 1.10. The maximum absolute atomic E-state index is 3.99. The maximum Gasteiger partial charge on any atom is -0.0201 e. The second-order valence-corrected chi connectivity index (χ2v) is 3.73. The molecule has 0 bridgehead atoms. The summed E-state index contributed by atoms with van der Waals surface area (Å²) in [7, 11) is 0. The number of allylic oxidation sites excluding steroid dienone is 1. The first kappa shape index (κ1) is 21.3. The van der Waals surface area contributed by atoms with Crippen molar-refractivity contribution in [3.05, 3.63) is 41.0 Å². The van der Waals surface area contributed by atoms with Crippen molar-refractivity contribution in [2.45, 2.75) is 62.8 Å². The Morgan fingerprint density at radius 3 is 1.88 bits per heavy atom. The molecular weight excluding hydrogens is 204 g/mol. The summed E-state index contributed by atoms with van der Waals surface area (Å²) in [6, 6.07) is 4.52. The molecule has 0 saturated heterocycles. The monoisotopic (exact) mass is 236 g/mol. The highest BCUT2D eigenvalue weighted by molar-refractivity contribution is 5.65. The third-order valence-corrected chi connectivity index (χ3v) is 2.52. The standard InChI is InChI=1S/C13H18.C2H6.2CH4/c1-6-12-8-13(9(2)3)11(5)7-10(12)4;1-2;;/h7-8H,2,6H2,1,3-5H3;1-2H3;2*1H4. The molecule has 0 amide bonds. The first-order valence-corrected chi connectivity index (χ1v) is 5.82. The second kappa shape index (κ2) is 10.1. The normalized spacial score (nSPS) is 8.12. The van der Waals surface area contributed by atoms with Crippen LogP contribution in [-0.4, -0.2) is 0 Å². The zero-order chi connectivity index (χ0) is 12.0. The van der Waals surface area contributed by atoms with E-state index in [1.807, 2.05) is 13.8 Å². The smallest absolute Gasteiger partial charge is 0.0201 e. The van der Waals surface area contributed by atoms with Gasteiger partial charge in [-0.1, -0.05) is 59.9 Å². The van der Waals surface area contributed by atoms with E-state index < -0.39 is 0 Å². The highest BCUT2D eigenvalue weighted by Gasteiger charge is 2.03. The highest BCUT2D eigenvalue weighted by atomic mass is 14.1. The Morgan fingerprint density at radius 1 is 1.06 bits per heavy atom. The molecule has 1 aromatic carbocycles. The zero-order valence-corrected chi connectivity index (χ0v) is 11.1. The minimum Gasteiger partial charge on any atom is -0.0955 e. The topological polar surface area (TPSA) is 0 Å². The molecule has 0 spiro atoms. The van der Waals surface area contributed by atoms with Crippen LogP contribution in [0.15, 0.2) is 18.7 Å². The van der Waals surface area contributed by atoms with Crippen molar-refractivity contribution in [2.24, 2.45) is 0 Å². The lowest BCUT2D eigenvalue weighted by molar-refractivity contribution is 1.10. The molecule has 1 rings (SSSR count). The fourth-order valence-electron chi connectivity index (χ4n) is 1.74. The van der Waals surface area contributed by atoms with Gasteiger partial charge in [-0.3, -0.25) is 0 Å². The molecular formula is C17H32. The van der Waals surface area contributed by atoms with Crippen LogP contribution in [-0.2, 0) is 6.42 Å². The molecule has 0 unspecified atom stereocenters. The summed E-state index contributed by atoms with van der Waals surface area (Å²) in [5.74, 6) is 0. The van der Waals surface area contributed by atoms with Crippen molar-refractivity contribution in [3.8, 4) is 0 Å². The van der Waals surface area contributed by atoms with Crippen molar-refractivity contribution in [1.29, 1.82) is 0 Å². The van der Waals surface area contributed by atoms with E-state index in [-0.39, 0.29) is 14.9 Å². The molecule has 0 atom stereocenters. The first-order chi connectivity index (χ1) is 7.06. The zero-order valence-electron chi connectivity index (χ0n) is 11.1. The molecule has 0 nitrogen and oxygen atoms in total. The van der Waals surface area contributed by atoms with Crippen LogP contribution in [0.25, 0.3) is 5.57 Å². The molecule has 0 aliphatic heterocycles. The van der Waals surface area contributed by atoms with E-state index in [2.05, 4.69) is 46.4 Å². The minimum absolute atomic E-state index is 0. The molecule has 0 saturated carbocycles. The Bertz CT molecular complexity index is 332. The van der Waals surface area contributed by atoms with Crippen molar-refractivity contribution in [1.82, 2.24) is 0 Å². The van der Waals surface area contributed by atoms with Crippen LogP contribution in [0.4, 0.5) is 0 Å². The lowest BCUT2D eigenvalue weighted by Gasteiger charge is -2.10. The fraction of sp³-hybridized carbons (Fsp3) is 0.529. The Balaban J connectivity index is -0.000000464. The van der Waals surface area contributed by atoms with Crippen LogP contribution in [0.2, 0.25) is 0 Å². The molecule has 0 aliphatic rings.